The lowest BCUT2D eigenvalue weighted by molar-refractivity contribution is -0.384. The number of benzene rings is 2. The van der Waals surface area contributed by atoms with Gasteiger partial charge in [-0.3, -0.25) is 14.9 Å². The number of anilines is 2. The van der Waals surface area contributed by atoms with Crippen LogP contribution in [0, 0.1) is 10.1 Å². The largest absolute Gasteiger partial charge is 0.372 e. The highest BCUT2D eigenvalue weighted by Crippen LogP contribution is 2.32. The van der Waals surface area contributed by atoms with E-state index in [-0.39, 0.29) is 11.6 Å². The Morgan fingerprint density at radius 1 is 1.07 bits per heavy atom. The normalized spacial score (nSPS) is 10.8. The number of azo groups is 1. The number of hydrogen-bond acceptors (Lipinski definition) is 6. The summed E-state index contributed by atoms with van der Waals surface area (Å²) in [5, 5.41) is 22.0. The summed E-state index contributed by atoms with van der Waals surface area (Å²) < 4.78 is 0. The number of hydrogen-bond donors (Lipinski definition) is 1. The minimum absolute atomic E-state index is 0.00459. The van der Waals surface area contributed by atoms with Gasteiger partial charge in [-0.1, -0.05) is 6.92 Å². The summed E-state index contributed by atoms with van der Waals surface area (Å²) in [6.07, 6.45) is 1.18. The second-order valence-electron chi connectivity index (χ2n) is 6.15. The Kier molecular flexibility index (Phi) is 7.62. The smallest absolute Gasteiger partial charge is 0.269 e. The first-order valence-electron chi connectivity index (χ1n) is 9.33. The second kappa shape index (κ2) is 10.1. The fourth-order valence-corrected chi connectivity index (χ4v) is 2.69. The van der Waals surface area contributed by atoms with Crippen LogP contribution in [-0.4, -0.2) is 23.9 Å². The number of nitro groups is 1. The van der Waals surface area contributed by atoms with E-state index < -0.39 is 4.92 Å². The van der Waals surface area contributed by atoms with Gasteiger partial charge < -0.3 is 10.2 Å². The van der Waals surface area contributed by atoms with Crippen LogP contribution in [0.1, 0.15) is 33.6 Å². The maximum Gasteiger partial charge on any atom is 0.269 e. The second-order valence-corrected chi connectivity index (χ2v) is 6.15. The van der Waals surface area contributed by atoms with Crippen LogP contribution in [0.2, 0.25) is 0 Å². The van der Waals surface area contributed by atoms with Crippen molar-refractivity contribution >= 4 is 34.3 Å². The zero-order chi connectivity index (χ0) is 20.5. The van der Waals surface area contributed by atoms with Gasteiger partial charge in [0.15, 0.2) is 0 Å². The number of nitrogens with zero attached hydrogens (tertiary/aromatic N) is 4. The molecule has 0 radical (unpaired) electrons. The molecule has 8 heteroatoms. The Hall–Kier alpha value is -3.29. The Morgan fingerprint density at radius 2 is 1.75 bits per heavy atom. The van der Waals surface area contributed by atoms with Crippen molar-refractivity contribution < 1.29 is 9.72 Å². The van der Waals surface area contributed by atoms with Crippen LogP contribution in [0.25, 0.3) is 0 Å². The first-order chi connectivity index (χ1) is 13.5. The van der Waals surface area contributed by atoms with Gasteiger partial charge in [0.1, 0.15) is 5.69 Å². The third-order valence-corrected chi connectivity index (χ3v) is 4.19. The van der Waals surface area contributed by atoms with E-state index in [1.165, 1.54) is 24.3 Å². The molecule has 0 unspecified atom stereocenters. The molecule has 8 nitrogen and oxygen atoms in total. The summed E-state index contributed by atoms with van der Waals surface area (Å²) >= 11 is 0. The molecule has 0 saturated heterocycles. The number of non-ortho nitro benzene ring substituents is 1. The molecule has 0 saturated carbocycles. The third-order valence-electron chi connectivity index (χ3n) is 4.19. The van der Waals surface area contributed by atoms with Crippen molar-refractivity contribution in [3.8, 4) is 0 Å². The van der Waals surface area contributed by atoms with E-state index in [9.17, 15) is 14.9 Å². The molecular weight excluding hydrogens is 358 g/mol. The van der Waals surface area contributed by atoms with Gasteiger partial charge in [0.25, 0.3) is 5.69 Å². The average molecular weight is 383 g/mol. The quantitative estimate of drug-likeness (QED) is 0.346. The van der Waals surface area contributed by atoms with Gasteiger partial charge in [0.2, 0.25) is 5.91 Å². The maximum absolute atomic E-state index is 12.1. The van der Waals surface area contributed by atoms with Crippen LogP contribution < -0.4 is 10.2 Å². The van der Waals surface area contributed by atoms with Crippen LogP contribution >= 0.6 is 0 Å². The molecule has 1 N–H and O–H groups in total. The molecule has 0 fully saturated rings. The van der Waals surface area contributed by atoms with Gasteiger partial charge in [-0.25, -0.2) is 0 Å². The zero-order valence-electron chi connectivity index (χ0n) is 16.4. The van der Waals surface area contributed by atoms with Crippen molar-refractivity contribution in [2.24, 2.45) is 10.2 Å². The minimum atomic E-state index is -0.464. The Bertz CT molecular complexity index is 845. The van der Waals surface area contributed by atoms with Crippen molar-refractivity contribution in [3.63, 3.8) is 0 Å². The van der Waals surface area contributed by atoms with E-state index in [1.807, 2.05) is 25.1 Å². The lowest BCUT2D eigenvalue weighted by atomic mass is 10.2. The van der Waals surface area contributed by atoms with Gasteiger partial charge in [0, 0.05) is 37.3 Å². The summed E-state index contributed by atoms with van der Waals surface area (Å²) in [7, 11) is 0. The van der Waals surface area contributed by atoms with Gasteiger partial charge >= 0.3 is 0 Å². The molecular formula is C20H25N5O3. The number of nitro benzene ring substituents is 1. The van der Waals surface area contributed by atoms with Crippen LogP contribution in [0.5, 0.6) is 0 Å². The monoisotopic (exact) mass is 383 g/mol. The highest BCUT2D eigenvalue weighted by atomic mass is 16.6. The standard InChI is InChI=1S/C20H25N5O3/c1-4-7-20(26)21-19-14-17(24(5-2)6-3)12-13-18(19)23-22-15-8-10-16(11-9-15)25(27)28/h8-14H,4-7H2,1-3H3,(H,21,26). The van der Waals surface area contributed by atoms with Crippen LogP contribution in [0.3, 0.4) is 0 Å². The first kappa shape index (κ1) is 21.0. The fraction of sp³-hybridized carbons (Fsp3) is 0.350. The lowest BCUT2D eigenvalue weighted by Gasteiger charge is -2.22. The van der Waals surface area contributed by atoms with Crippen LogP contribution in [0.15, 0.2) is 52.7 Å². The maximum atomic E-state index is 12.1. The molecule has 0 aliphatic carbocycles. The van der Waals surface area contributed by atoms with E-state index in [0.29, 0.717) is 23.5 Å². The molecule has 2 aromatic rings. The molecule has 2 rings (SSSR count). The molecule has 0 aliphatic rings. The topological polar surface area (TPSA) is 100 Å². The lowest BCUT2D eigenvalue weighted by Crippen LogP contribution is -2.22. The molecule has 0 bridgehead atoms. The van der Waals surface area contributed by atoms with Crippen molar-refractivity contribution in [3.05, 3.63) is 52.6 Å². The highest BCUT2D eigenvalue weighted by molar-refractivity contribution is 5.94. The number of amides is 1. The Labute approximate surface area is 164 Å². The van der Waals surface area contributed by atoms with Gasteiger partial charge in [-0.05, 0) is 50.6 Å². The molecule has 0 heterocycles. The summed E-state index contributed by atoms with van der Waals surface area (Å²) in [6.45, 7) is 7.79. The third kappa shape index (κ3) is 5.60. The van der Waals surface area contributed by atoms with Crippen molar-refractivity contribution in [1.29, 1.82) is 0 Å². The molecule has 2 aromatic carbocycles. The number of rotatable bonds is 9. The minimum Gasteiger partial charge on any atom is -0.372 e. The van der Waals surface area contributed by atoms with E-state index >= 15 is 0 Å². The number of carbonyl (C=O) groups is 1. The zero-order valence-corrected chi connectivity index (χ0v) is 16.4. The van der Waals surface area contributed by atoms with E-state index in [2.05, 4.69) is 34.3 Å². The Morgan fingerprint density at radius 3 is 2.32 bits per heavy atom. The number of nitrogens with one attached hydrogen (secondary N) is 1. The van der Waals surface area contributed by atoms with Crippen molar-refractivity contribution in [2.45, 2.75) is 33.6 Å². The average Bonchev–Trinajstić information content (AvgIpc) is 2.68. The predicted octanol–water partition coefficient (Wildman–Crippen LogP) is 5.60. The number of carbonyl (C=O) groups excluding carboxylic acids is 1. The molecule has 28 heavy (non-hydrogen) atoms. The molecule has 0 aromatic heterocycles. The molecule has 0 atom stereocenters. The highest BCUT2D eigenvalue weighted by Gasteiger charge is 2.11. The SMILES string of the molecule is CCCC(=O)Nc1cc(N(CC)CC)ccc1N=Nc1ccc([N+](=O)[O-])cc1. The van der Waals surface area contributed by atoms with Gasteiger partial charge in [-0.2, -0.15) is 5.11 Å². The molecule has 1 amide bonds. The van der Waals surface area contributed by atoms with Crippen molar-refractivity contribution in [2.75, 3.05) is 23.3 Å². The summed E-state index contributed by atoms with van der Waals surface area (Å²) in [4.78, 5) is 24.5. The summed E-state index contributed by atoms with van der Waals surface area (Å²) in [5.41, 5.74) is 2.60. The summed E-state index contributed by atoms with van der Waals surface area (Å²) in [6, 6.07) is 11.5. The summed E-state index contributed by atoms with van der Waals surface area (Å²) in [5.74, 6) is -0.0778. The fourth-order valence-electron chi connectivity index (χ4n) is 2.69. The van der Waals surface area contributed by atoms with E-state index in [0.717, 1.165) is 25.2 Å². The molecule has 0 aliphatic heterocycles. The molecule has 0 spiro atoms. The predicted molar refractivity (Wildman–Crippen MR) is 111 cm³/mol. The van der Waals surface area contributed by atoms with E-state index in [4.69, 9.17) is 0 Å². The van der Waals surface area contributed by atoms with Crippen molar-refractivity contribution in [1.82, 2.24) is 0 Å². The van der Waals surface area contributed by atoms with Crippen LogP contribution in [-0.2, 0) is 4.79 Å². The first-order valence-corrected chi connectivity index (χ1v) is 9.33. The van der Waals surface area contributed by atoms with E-state index in [1.54, 1.807) is 0 Å². The van der Waals surface area contributed by atoms with Crippen LogP contribution in [0.4, 0.5) is 28.4 Å². The van der Waals surface area contributed by atoms with Gasteiger partial charge in [0.05, 0.1) is 16.3 Å². The molecule has 148 valence electrons. The Balaban J connectivity index is 2.32. The van der Waals surface area contributed by atoms with Gasteiger partial charge in [-0.15, -0.1) is 5.11 Å².